The van der Waals surface area contributed by atoms with Crippen molar-refractivity contribution in [2.24, 2.45) is 11.8 Å². The minimum absolute atomic E-state index is 0.180. The molecule has 2 amide bonds. The van der Waals surface area contributed by atoms with Crippen molar-refractivity contribution in [2.45, 2.75) is 51.5 Å². The molecule has 0 radical (unpaired) electrons. The zero-order valence-electron chi connectivity index (χ0n) is 15.3. The Bertz CT molecular complexity index is 581. The summed E-state index contributed by atoms with van der Waals surface area (Å²) in [6.07, 6.45) is 7.22. The molecule has 0 spiro atoms. The van der Waals surface area contributed by atoms with Crippen LogP contribution in [0.1, 0.15) is 50.5 Å². The zero-order chi connectivity index (χ0) is 17.6. The van der Waals surface area contributed by atoms with Crippen molar-refractivity contribution in [1.82, 2.24) is 9.80 Å². The Balaban J connectivity index is 1.42. The first kappa shape index (κ1) is 18.0. The van der Waals surface area contributed by atoms with E-state index in [-0.39, 0.29) is 5.91 Å². The second-order valence-electron chi connectivity index (χ2n) is 7.79. The molecule has 136 valence electrons. The van der Waals surface area contributed by atoms with Gasteiger partial charge < -0.3 is 9.80 Å². The predicted octanol–water partition coefficient (Wildman–Crippen LogP) is 3.46. The standard InChI is InChI=1S/C21H30N2O2/c1-22(15-18-9-3-2-4-10-18)20(24)14-19-11-12-23(16-19)21(25)13-17-7-5-6-8-17/h2-4,9-10,17,19H,5-8,11-16H2,1H3. The Kier molecular flexibility index (Phi) is 6.11. The van der Waals surface area contributed by atoms with Crippen molar-refractivity contribution in [3.8, 4) is 0 Å². The van der Waals surface area contributed by atoms with Gasteiger partial charge in [0.1, 0.15) is 0 Å². The van der Waals surface area contributed by atoms with E-state index in [0.29, 0.717) is 37.1 Å². The van der Waals surface area contributed by atoms with Gasteiger partial charge in [-0.05, 0) is 36.7 Å². The quantitative estimate of drug-likeness (QED) is 0.794. The van der Waals surface area contributed by atoms with Crippen LogP contribution in [0.3, 0.4) is 0 Å². The SMILES string of the molecule is CN(Cc1ccccc1)C(=O)CC1CCN(C(=O)CC2CCCC2)C1. The van der Waals surface area contributed by atoms with Gasteiger partial charge in [-0.1, -0.05) is 43.2 Å². The Morgan fingerprint density at radius 1 is 1.04 bits per heavy atom. The molecular formula is C21H30N2O2. The van der Waals surface area contributed by atoms with E-state index < -0.39 is 0 Å². The molecule has 1 heterocycles. The van der Waals surface area contributed by atoms with Crippen molar-refractivity contribution >= 4 is 11.8 Å². The first-order valence-corrected chi connectivity index (χ1v) is 9.67. The average molecular weight is 342 g/mol. The Morgan fingerprint density at radius 3 is 2.48 bits per heavy atom. The van der Waals surface area contributed by atoms with E-state index in [4.69, 9.17) is 0 Å². The normalized spacial score (nSPS) is 20.8. The number of amides is 2. The molecule has 1 aliphatic carbocycles. The van der Waals surface area contributed by atoms with Crippen molar-refractivity contribution in [3.63, 3.8) is 0 Å². The molecule has 1 atom stereocenters. The van der Waals surface area contributed by atoms with Gasteiger partial charge in [0.15, 0.2) is 0 Å². The molecule has 2 aliphatic rings. The van der Waals surface area contributed by atoms with E-state index in [1.165, 1.54) is 25.7 Å². The summed E-state index contributed by atoms with van der Waals surface area (Å²) in [5.41, 5.74) is 1.15. The summed E-state index contributed by atoms with van der Waals surface area (Å²) in [4.78, 5) is 28.7. The number of nitrogens with zero attached hydrogens (tertiary/aromatic N) is 2. The lowest BCUT2D eigenvalue weighted by atomic mass is 10.0. The minimum atomic E-state index is 0.180. The van der Waals surface area contributed by atoms with Crippen LogP contribution in [0.2, 0.25) is 0 Å². The molecule has 0 aromatic heterocycles. The molecule has 2 fully saturated rings. The number of rotatable bonds is 6. The number of carbonyl (C=O) groups is 2. The maximum Gasteiger partial charge on any atom is 0.222 e. The summed E-state index contributed by atoms with van der Waals surface area (Å²) in [7, 11) is 1.87. The number of likely N-dealkylation sites (tertiary alicyclic amines) is 1. The van der Waals surface area contributed by atoms with Gasteiger partial charge in [-0.25, -0.2) is 0 Å². The van der Waals surface area contributed by atoms with E-state index in [1.807, 2.05) is 42.3 Å². The van der Waals surface area contributed by atoms with Gasteiger partial charge in [-0.2, -0.15) is 0 Å². The summed E-state index contributed by atoms with van der Waals surface area (Å²) in [6.45, 7) is 2.24. The maximum atomic E-state index is 12.5. The highest BCUT2D eigenvalue weighted by Gasteiger charge is 2.30. The first-order chi connectivity index (χ1) is 12.1. The fraction of sp³-hybridized carbons (Fsp3) is 0.619. The third kappa shape index (κ3) is 5.07. The van der Waals surface area contributed by atoms with E-state index in [9.17, 15) is 9.59 Å². The highest BCUT2D eigenvalue weighted by molar-refractivity contribution is 5.78. The van der Waals surface area contributed by atoms with Gasteiger partial charge in [0.05, 0.1) is 0 Å². The summed E-state index contributed by atoms with van der Waals surface area (Å²) < 4.78 is 0. The molecule has 25 heavy (non-hydrogen) atoms. The summed E-state index contributed by atoms with van der Waals surface area (Å²) in [5, 5.41) is 0. The molecule has 4 nitrogen and oxygen atoms in total. The molecule has 1 aromatic rings. The van der Waals surface area contributed by atoms with Gasteiger partial charge in [0.2, 0.25) is 11.8 Å². The van der Waals surface area contributed by atoms with Crippen LogP contribution in [0.25, 0.3) is 0 Å². The van der Waals surface area contributed by atoms with Crippen LogP contribution in [-0.4, -0.2) is 41.8 Å². The van der Waals surface area contributed by atoms with Crippen LogP contribution in [-0.2, 0) is 16.1 Å². The van der Waals surface area contributed by atoms with Crippen molar-refractivity contribution in [3.05, 3.63) is 35.9 Å². The highest BCUT2D eigenvalue weighted by atomic mass is 16.2. The molecule has 1 unspecified atom stereocenters. The molecule has 1 aromatic carbocycles. The zero-order valence-corrected chi connectivity index (χ0v) is 15.3. The van der Waals surface area contributed by atoms with E-state index >= 15 is 0 Å². The smallest absolute Gasteiger partial charge is 0.222 e. The van der Waals surface area contributed by atoms with Gasteiger partial charge >= 0.3 is 0 Å². The van der Waals surface area contributed by atoms with Crippen LogP contribution in [0.15, 0.2) is 30.3 Å². The summed E-state index contributed by atoms with van der Waals surface area (Å²) in [6, 6.07) is 10.1. The number of carbonyl (C=O) groups excluding carboxylic acids is 2. The molecular weight excluding hydrogens is 312 g/mol. The summed E-state index contributed by atoms with van der Waals surface area (Å²) >= 11 is 0. The predicted molar refractivity (Wildman–Crippen MR) is 98.8 cm³/mol. The Labute approximate surface area is 151 Å². The van der Waals surface area contributed by atoms with Gasteiger partial charge in [0.25, 0.3) is 0 Å². The minimum Gasteiger partial charge on any atom is -0.342 e. The summed E-state index contributed by atoms with van der Waals surface area (Å²) in [5.74, 6) is 1.40. The molecule has 0 bridgehead atoms. The van der Waals surface area contributed by atoms with Gasteiger partial charge in [-0.15, -0.1) is 0 Å². The van der Waals surface area contributed by atoms with Crippen LogP contribution >= 0.6 is 0 Å². The van der Waals surface area contributed by atoms with Crippen molar-refractivity contribution in [2.75, 3.05) is 20.1 Å². The molecule has 1 aliphatic heterocycles. The fourth-order valence-electron chi connectivity index (χ4n) is 4.16. The fourth-order valence-corrected chi connectivity index (χ4v) is 4.16. The monoisotopic (exact) mass is 342 g/mol. The molecule has 3 rings (SSSR count). The lowest BCUT2D eigenvalue weighted by Crippen LogP contribution is -2.31. The molecule has 1 saturated carbocycles. The molecule has 4 heteroatoms. The number of benzene rings is 1. The highest BCUT2D eigenvalue weighted by Crippen LogP contribution is 2.29. The maximum absolute atomic E-state index is 12.5. The third-order valence-corrected chi connectivity index (χ3v) is 5.73. The largest absolute Gasteiger partial charge is 0.342 e. The van der Waals surface area contributed by atoms with Gasteiger partial charge in [0, 0.05) is 39.5 Å². The lowest BCUT2D eigenvalue weighted by molar-refractivity contribution is -0.133. The van der Waals surface area contributed by atoms with E-state index in [2.05, 4.69) is 0 Å². The van der Waals surface area contributed by atoms with E-state index in [0.717, 1.165) is 25.1 Å². The Morgan fingerprint density at radius 2 is 1.76 bits per heavy atom. The topological polar surface area (TPSA) is 40.6 Å². The van der Waals surface area contributed by atoms with Crippen molar-refractivity contribution < 1.29 is 9.59 Å². The van der Waals surface area contributed by atoms with Crippen LogP contribution in [0.4, 0.5) is 0 Å². The molecule has 0 N–H and O–H groups in total. The number of hydrogen-bond acceptors (Lipinski definition) is 2. The third-order valence-electron chi connectivity index (χ3n) is 5.73. The average Bonchev–Trinajstić information content (AvgIpc) is 3.27. The van der Waals surface area contributed by atoms with Crippen molar-refractivity contribution in [1.29, 1.82) is 0 Å². The van der Waals surface area contributed by atoms with Crippen LogP contribution in [0.5, 0.6) is 0 Å². The number of hydrogen-bond donors (Lipinski definition) is 0. The second kappa shape index (κ2) is 8.50. The van der Waals surface area contributed by atoms with Crippen LogP contribution < -0.4 is 0 Å². The lowest BCUT2D eigenvalue weighted by Gasteiger charge is -2.21. The van der Waals surface area contributed by atoms with E-state index in [1.54, 1.807) is 4.90 Å². The van der Waals surface area contributed by atoms with Gasteiger partial charge in [-0.3, -0.25) is 9.59 Å². The first-order valence-electron chi connectivity index (χ1n) is 9.67. The van der Waals surface area contributed by atoms with Crippen LogP contribution in [0, 0.1) is 11.8 Å². The second-order valence-corrected chi connectivity index (χ2v) is 7.79. The Hall–Kier alpha value is -1.84. The molecule has 1 saturated heterocycles.